The lowest BCUT2D eigenvalue weighted by Gasteiger charge is -2.33. The lowest BCUT2D eigenvalue weighted by Crippen LogP contribution is -2.53. The van der Waals surface area contributed by atoms with Crippen LogP contribution in [-0.2, 0) is 4.79 Å². The highest BCUT2D eigenvalue weighted by Gasteiger charge is 2.44. The highest BCUT2D eigenvalue weighted by molar-refractivity contribution is 7.99. The number of nitrogens with one attached hydrogen (secondary N) is 2. The van der Waals surface area contributed by atoms with Crippen LogP contribution < -0.4 is 10.7 Å². The number of amides is 1. The van der Waals surface area contributed by atoms with Gasteiger partial charge >= 0.3 is 0 Å². The summed E-state index contributed by atoms with van der Waals surface area (Å²) in [4.78, 5) is 17.2. The van der Waals surface area contributed by atoms with E-state index in [9.17, 15) is 4.79 Å². The minimum atomic E-state index is -0.164. The van der Waals surface area contributed by atoms with E-state index in [1.165, 1.54) is 11.8 Å². The number of halogens is 1. The van der Waals surface area contributed by atoms with Crippen molar-refractivity contribution in [2.24, 2.45) is 0 Å². The third-order valence-electron chi connectivity index (χ3n) is 5.25. The van der Waals surface area contributed by atoms with Crippen LogP contribution in [0.1, 0.15) is 18.4 Å². The van der Waals surface area contributed by atoms with Crippen LogP contribution in [0.5, 0.6) is 0 Å². The molecule has 1 aromatic heterocycles. The zero-order chi connectivity index (χ0) is 20.0. The molecule has 2 aromatic carbocycles. The van der Waals surface area contributed by atoms with Crippen molar-refractivity contribution in [2.45, 2.75) is 30.3 Å². The van der Waals surface area contributed by atoms with E-state index in [1.807, 2.05) is 48.5 Å². The second-order valence-corrected chi connectivity index (χ2v) is 8.56. The van der Waals surface area contributed by atoms with Crippen LogP contribution in [-0.4, -0.2) is 33.9 Å². The number of thioether (sulfide) groups is 1. The Balaban J connectivity index is 1.34. The van der Waals surface area contributed by atoms with Gasteiger partial charge in [-0.15, -0.1) is 0 Å². The van der Waals surface area contributed by atoms with E-state index in [2.05, 4.69) is 22.7 Å². The van der Waals surface area contributed by atoms with Crippen molar-refractivity contribution >= 4 is 40.4 Å². The average Bonchev–Trinajstić information content (AvgIpc) is 3.28. The number of rotatable bonds is 4. The first-order valence-electron chi connectivity index (χ1n) is 9.39. The number of carbonyl (C=O) groups is 1. The van der Waals surface area contributed by atoms with Gasteiger partial charge in [0.05, 0.1) is 0 Å². The van der Waals surface area contributed by atoms with E-state index >= 15 is 0 Å². The van der Waals surface area contributed by atoms with Gasteiger partial charge in [-0.25, -0.2) is 10.4 Å². The Hall–Kier alpha value is -2.48. The van der Waals surface area contributed by atoms with Crippen molar-refractivity contribution in [2.75, 3.05) is 5.75 Å². The third-order valence-corrected chi connectivity index (χ3v) is 6.38. The Morgan fingerprint density at radius 1 is 1.21 bits per heavy atom. The molecule has 3 atom stereocenters. The van der Waals surface area contributed by atoms with E-state index in [0.29, 0.717) is 16.0 Å². The largest absolute Gasteiger partial charge is 0.431 e. The van der Waals surface area contributed by atoms with Crippen LogP contribution in [0.15, 0.2) is 69.9 Å². The highest BCUT2D eigenvalue weighted by Crippen LogP contribution is 2.34. The van der Waals surface area contributed by atoms with E-state index in [1.54, 1.807) is 11.1 Å². The summed E-state index contributed by atoms with van der Waals surface area (Å²) in [6, 6.07) is 15.6. The van der Waals surface area contributed by atoms with Crippen LogP contribution in [0.3, 0.4) is 0 Å². The van der Waals surface area contributed by atoms with Gasteiger partial charge in [-0.05, 0) is 36.8 Å². The summed E-state index contributed by atoms with van der Waals surface area (Å²) in [7, 11) is 0. The maximum absolute atomic E-state index is 12.7. The molecular formula is C21H19ClN4O2S. The van der Waals surface area contributed by atoms with Crippen LogP contribution in [0, 0.1) is 0 Å². The van der Waals surface area contributed by atoms with Gasteiger partial charge in [0, 0.05) is 34.5 Å². The summed E-state index contributed by atoms with van der Waals surface area (Å²) in [5, 5.41) is 6.50. The third kappa shape index (κ3) is 3.50. The molecule has 1 fully saturated rings. The zero-order valence-corrected chi connectivity index (χ0v) is 17.2. The lowest BCUT2D eigenvalue weighted by molar-refractivity contribution is -0.131. The molecule has 2 aliphatic rings. The van der Waals surface area contributed by atoms with Crippen LogP contribution in [0.4, 0.5) is 0 Å². The van der Waals surface area contributed by atoms with E-state index < -0.39 is 0 Å². The summed E-state index contributed by atoms with van der Waals surface area (Å²) in [5.41, 5.74) is 6.88. The summed E-state index contributed by atoms with van der Waals surface area (Å²) in [6.45, 7) is 2.08. The number of benzene rings is 2. The number of fused-ring (bicyclic) bond motifs is 2. The molecule has 1 saturated heterocycles. The Labute approximate surface area is 177 Å². The molecule has 2 N–H and O–H groups in total. The van der Waals surface area contributed by atoms with Gasteiger partial charge in [0.1, 0.15) is 11.7 Å². The Kier molecular flexibility index (Phi) is 4.73. The maximum atomic E-state index is 12.7. The molecule has 0 spiro atoms. The normalized spacial score (nSPS) is 23.8. The Morgan fingerprint density at radius 3 is 2.79 bits per heavy atom. The van der Waals surface area contributed by atoms with E-state index in [-0.39, 0.29) is 24.0 Å². The molecule has 8 heteroatoms. The fourth-order valence-corrected chi connectivity index (χ4v) is 4.79. The van der Waals surface area contributed by atoms with Crippen molar-refractivity contribution in [3.05, 3.63) is 70.9 Å². The molecule has 0 radical (unpaired) electrons. The first-order chi connectivity index (χ1) is 14.1. The van der Waals surface area contributed by atoms with Gasteiger partial charge < -0.3 is 9.73 Å². The Bertz CT molecular complexity index is 1060. The van der Waals surface area contributed by atoms with Gasteiger partial charge in [-0.1, -0.05) is 47.6 Å². The molecule has 1 amide bonds. The maximum Gasteiger partial charge on any atom is 0.264 e. The molecular weight excluding hydrogens is 408 g/mol. The predicted octanol–water partition coefficient (Wildman–Crippen LogP) is 3.91. The van der Waals surface area contributed by atoms with Crippen LogP contribution in [0.2, 0.25) is 5.02 Å². The van der Waals surface area contributed by atoms with Crippen molar-refractivity contribution in [3.63, 3.8) is 0 Å². The van der Waals surface area contributed by atoms with E-state index in [0.717, 1.165) is 22.4 Å². The summed E-state index contributed by atoms with van der Waals surface area (Å²) < 4.78 is 5.77. The van der Waals surface area contributed by atoms with Gasteiger partial charge in [0.15, 0.2) is 5.58 Å². The molecule has 3 unspecified atom stereocenters. The molecule has 0 aliphatic carbocycles. The molecule has 0 bridgehead atoms. The fraction of sp³-hybridized carbons (Fsp3) is 0.238. The second-order valence-electron chi connectivity index (χ2n) is 7.20. The smallest absolute Gasteiger partial charge is 0.264 e. The van der Waals surface area contributed by atoms with Crippen molar-refractivity contribution in [1.82, 2.24) is 20.7 Å². The lowest BCUT2D eigenvalue weighted by atomic mass is 9.90. The van der Waals surface area contributed by atoms with Crippen molar-refractivity contribution in [3.8, 4) is 0 Å². The molecule has 2 aliphatic heterocycles. The molecule has 3 heterocycles. The number of carbonyl (C=O) groups excluding carboxylic acids is 1. The molecule has 5 rings (SSSR count). The highest BCUT2D eigenvalue weighted by atomic mass is 35.5. The van der Waals surface area contributed by atoms with Gasteiger partial charge in [-0.3, -0.25) is 9.80 Å². The summed E-state index contributed by atoms with van der Waals surface area (Å²) >= 11 is 7.52. The minimum absolute atomic E-state index is 0.0507. The van der Waals surface area contributed by atoms with Crippen LogP contribution in [0.25, 0.3) is 11.1 Å². The minimum Gasteiger partial charge on any atom is -0.431 e. The number of hydrogen-bond donors (Lipinski definition) is 2. The number of nitrogens with zero attached hydrogens (tertiary/aromatic N) is 2. The average molecular weight is 427 g/mol. The SMILES string of the molecule is CC1NN2C(=O)C=C(CSc3nc4ccccc4o3)NC2C1c1ccc(Cl)cc1. The molecule has 0 saturated carbocycles. The molecule has 29 heavy (non-hydrogen) atoms. The standard InChI is InChI=1S/C21H19ClN4O2S/c1-12-19(13-6-8-14(22)9-7-13)20-23-15(10-18(27)26(20)25-12)11-29-21-24-16-4-2-3-5-17(16)28-21/h2-10,12,19-20,23,25H,11H2,1H3. The number of aromatic nitrogens is 1. The van der Waals surface area contributed by atoms with Crippen molar-refractivity contribution in [1.29, 1.82) is 0 Å². The summed E-state index contributed by atoms with van der Waals surface area (Å²) in [6.07, 6.45) is 1.47. The number of hydrogen-bond acceptors (Lipinski definition) is 6. The van der Waals surface area contributed by atoms with Crippen LogP contribution >= 0.6 is 23.4 Å². The first-order valence-corrected chi connectivity index (χ1v) is 10.8. The predicted molar refractivity (Wildman–Crippen MR) is 113 cm³/mol. The van der Waals surface area contributed by atoms with Gasteiger partial charge in [-0.2, -0.15) is 0 Å². The summed E-state index contributed by atoms with van der Waals surface area (Å²) in [5.74, 6) is 0.629. The second kappa shape index (κ2) is 7.40. The molecule has 6 nitrogen and oxygen atoms in total. The van der Waals surface area contributed by atoms with Crippen molar-refractivity contribution < 1.29 is 9.21 Å². The number of hydrazine groups is 1. The fourth-order valence-electron chi connectivity index (χ4n) is 3.91. The number of para-hydroxylation sites is 2. The quantitative estimate of drug-likeness (QED) is 0.616. The number of oxazole rings is 1. The monoisotopic (exact) mass is 426 g/mol. The first kappa shape index (κ1) is 18.5. The van der Waals surface area contributed by atoms with E-state index in [4.69, 9.17) is 16.0 Å². The zero-order valence-electron chi connectivity index (χ0n) is 15.6. The topological polar surface area (TPSA) is 70.4 Å². The molecule has 148 valence electrons. The Morgan fingerprint density at radius 2 is 2.00 bits per heavy atom. The van der Waals surface area contributed by atoms with Gasteiger partial charge in [0.2, 0.25) is 0 Å². The van der Waals surface area contributed by atoms with Gasteiger partial charge in [0.25, 0.3) is 11.1 Å². The molecule has 3 aromatic rings.